The molecule has 0 saturated heterocycles. The van der Waals surface area contributed by atoms with Crippen LogP contribution in [0.1, 0.15) is 37.9 Å². The van der Waals surface area contributed by atoms with Crippen molar-refractivity contribution in [2.75, 3.05) is 0 Å². The second kappa shape index (κ2) is 7.65. The Morgan fingerprint density at radius 3 is 2.42 bits per heavy atom. The largest absolute Gasteiger partial charge is 0.478 e. The van der Waals surface area contributed by atoms with Crippen molar-refractivity contribution in [1.82, 2.24) is 9.97 Å². The highest BCUT2D eigenvalue weighted by molar-refractivity contribution is 5.96. The predicted molar refractivity (Wildman–Crippen MR) is 112 cm³/mol. The van der Waals surface area contributed by atoms with Crippen molar-refractivity contribution in [3.8, 4) is 17.4 Å². The van der Waals surface area contributed by atoms with Crippen molar-refractivity contribution >= 4 is 34.6 Å². The molecule has 0 aliphatic heterocycles. The summed E-state index contributed by atoms with van der Waals surface area (Å²) in [5, 5.41) is 28.1. The highest BCUT2D eigenvalue weighted by Crippen LogP contribution is 2.27. The Morgan fingerprint density at radius 2 is 1.77 bits per heavy atom. The molecule has 2 heterocycles. The van der Waals surface area contributed by atoms with Gasteiger partial charge in [-0.25, -0.2) is 14.6 Å². The molecule has 0 bridgehead atoms. The number of hydrogen-bond acceptors (Lipinski definition) is 5. The van der Waals surface area contributed by atoms with Crippen molar-refractivity contribution in [3.63, 3.8) is 0 Å². The summed E-state index contributed by atoms with van der Waals surface area (Å²) in [5.41, 5.74) is 2.81. The van der Waals surface area contributed by atoms with Crippen LogP contribution in [0.2, 0.25) is 0 Å². The molecule has 3 N–H and O–H groups in total. The molecular weight excluding hydrogens is 398 g/mol. The first-order valence-corrected chi connectivity index (χ1v) is 9.14. The van der Waals surface area contributed by atoms with E-state index < -0.39 is 11.9 Å². The average Bonchev–Trinajstić information content (AvgIpc) is 3.38. The van der Waals surface area contributed by atoms with E-state index in [1.807, 2.05) is 25.1 Å². The van der Waals surface area contributed by atoms with E-state index in [4.69, 9.17) is 4.42 Å². The van der Waals surface area contributed by atoms with E-state index in [0.717, 1.165) is 22.7 Å². The Labute approximate surface area is 175 Å². The van der Waals surface area contributed by atoms with E-state index >= 15 is 0 Å². The number of nitriles is 1. The van der Waals surface area contributed by atoms with Crippen LogP contribution in [0.5, 0.6) is 0 Å². The number of carbonyl (C=O) groups is 2. The summed E-state index contributed by atoms with van der Waals surface area (Å²) in [6, 6.07) is 14.7. The van der Waals surface area contributed by atoms with E-state index in [1.165, 1.54) is 18.2 Å². The topological polar surface area (TPSA) is 140 Å². The molecule has 0 amide bonds. The number of rotatable bonds is 5. The number of carboxylic acids is 2. The minimum absolute atomic E-state index is 0.168. The third kappa shape index (κ3) is 3.93. The quantitative estimate of drug-likeness (QED) is 0.406. The molecule has 2 aromatic heterocycles. The molecule has 2 aromatic carbocycles. The number of nitrogens with one attached hydrogen (secondary N) is 1. The molecule has 0 fully saturated rings. The van der Waals surface area contributed by atoms with E-state index in [0.29, 0.717) is 17.1 Å². The lowest BCUT2D eigenvalue weighted by atomic mass is 10.0. The smallest absolute Gasteiger partial charge is 0.335 e. The van der Waals surface area contributed by atoms with Crippen molar-refractivity contribution in [1.29, 1.82) is 5.26 Å². The van der Waals surface area contributed by atoms with Crippen LogP contribution in [-0.2, 0) is 0 Å². The highest BCUT2D eigenvalue weighted by Gasteiger charge is 2.15. The van der Waals surface area contributed by atoms with Gasteiger partial charge in [0.05, 0.1) is 27.7 Å². The standard InChI is InChI=1S/C23H15N3O5/c1-12-2-4-18-19(6-12)26-21(25-18)16(11-24)10-17-3-5-20(31-17)13-7-14(22(27)28)9-15(8-13)23(29)30/h2-10H,1H3,(H,25,26)(H,27,28)(H,29,30)/b16-10+. The second-order valence-corrected chi connectivity index (χ2v) is 6.89. The van der Waals surface area contributed by atoms with Crippen molar-refractivity contribution in [3.05, 3.63) is 76.8 Å². The van der Waals surface area contributed by atoms with Gasteiger partial charge in [-0.3, -0.25) is 0 Å². The third-order valence-corrected chi connectivity index (χ3v) is 4.64. The number of furan rings is 1. The van der Waals surface area contributed by atoms with E-state index in [2.05, 4.69) is 16.0 Å². The number of benzene rings is 2. The number of imidazole rings is 1. The monoisotopic (exact) mass is 413 g/mol. The maximum absolute atomic E-state index is 11.3. The van der Waals surface area contributed by atoms with Gasteiger partial charge >= 0.3 is 11.9 Å². The highest BCUT2D eigenvalue weighted by atomic mass is 16.4. The van der Waals surface area contributed by atoms with Crippen LogP contribution in [0.4, 0.5) is 0 Å². The predicted octanol–water partition coefficient (Wildman–Crippen LogP) is 4.59. The number of aromatic amines is 1. The molecule has 0 aliphatic carbocycles. The lowest BCUT2D eigenvalue weighted by molar-refractivity contribution is 0.0696. The van der Waals surface area contributed by atoms with Crippen molar-refractivity contribution in [2.24, 2.45) is 0 Å². The average molecular weight is 413 g/mol. The molecule has 0 saturated carbocycles. The number of aryl methyl sites for hydroxylation is 1. The molecular formula is C23H15N3O5. The van der Waals surface area contributed by atoms with Crippen LogP contribution in [-0.4, -0.2) is 32.1 Å². The Hall–Kier alpha value is -4.64. The minimum Gasteiger partial charge on any atom is -0.478 e. The summed E-state index contributed by atoms with van der Waals surface area (Å²) in [4.78, 5) is 30.2. The second-order valence-electron chi connectivity index (χ2n) is 6.89. The first-order chi connectivity index (χ1) is 14.8. The van der Waals surface area contributed by atoms with Crippen molar-refractivity contribution < 1.29 is 24.2 Å². The zero-order valence-corrected chi connectivity index (χ0v) is 16.2. The molecule has 4 rings (SSSR count). The summed E-state index contributed by atoms with van der Waals surface area (Å²) in [6.45, 7) is 1.96. The number of hydrogen-bond donors (Lipinski definition) is 3. The van der Waals surface area contributed by atoms with Gasteiger partial charge in [0.15, 0.2) is 0 Å². The van der Waals surface area contributed by atoms with Gasteiger partial charge in [0.2, 0.25) is 0 Å². The fraction of sp³-hybridized carbons (Fsp3) is 0.0435. The van der Waals surface area contributed by atoms with Gasteiger partial charge < -0.3 is 19.6 Å². The van der Waals surface area contributed by atoms with Gasteiger partial charge in [0.25, 0.3) is 0 Å². The lowest BCUT2D eigenvalue weighted by Crippen LogP contribution is -2.02. The molecule has 4 aromatic rings. The number of aromatic nitrogens is 2. The van der Waals surface area contributed by atoms with Gasteiger partial charge in [-0.05, 0) is 55.0 Å². The molecule has 0 aliphatic rings. The van der Waals surface area contributed by atoms with Crippen LogP contribution in [0.3, 0.4) is 0 Å². The Bertz CT molecular complexity index is 1390. The van der Waals surface area contributed by atoms with Crippen LogP contribution in [0.25, 0.3) is 34.0 Å². The maximum atomic E-state index is 11.3. The van der Waals surface area contributed by atoms with Gasteiger partial charge in [0.1, 0.15) is 23.4 Å². The zero-order valence-electron chi connectivity index (χ0n) is 16.2. The van der Waals surface area contributed by atoms with Crippen LogP contribution in [0, 0.1) is 18.3 Å². The Morgan fingerprint density at radius 1 is 1.06 bits per heavy atom. The van der Waals surface area contributed by atoms with Crippen LogP contribution < -0.4 is 0 Å². The minimum atomic E-state index is -1.25. The van der Waals surface area contributed by atoms with Crippen molar-refractivity contribution in [2.45, 2.75) is 6.92 Å². The first kappa shape index (κ1) is 19.7. The SMILES string of the molecule is Cc1ccc2nc(/C(C#N)=C/c3ccc(-c4cc(C(=O)O)cc(C(=O)O)c4)o3)[nH]c2c1. The molecule has 0 radical (unpaired) electrons. The summed E-state index contributed by atoms with van der Waals surface area (Å²) < 4.78 is 5.73. The van der Waals surface area contributed by atoms with Gasteiger partial charge in [-0.1, -0.05) is 6.07 Å². The van der Waals surface area contributed by atoms with Gasteiger partial charge in [-0.2, -0.15) is 5.26 Å². The number of allylic oxidation sites excluding steroid dienone is 1. The van der Waals surface area contributed by atoms with E-state index in [-0.39, 0.29) is 22.5 Å². The molecule has 0 atom stereocenters. The lowest BCUT2D eigenvalue weighted by Gasteiger charge is -2.03. The first-order valence-electron chi connectivity index (χ1n) is 9.14. The summed E-state index contributed by atoms with van der Waals surface area (Å²) in [7, 11) is 0. The van der Waals surface area contributed by atoms with Crippen LogP contribution in [0.15, 0.2) is 52.9 Å². The molecule has 152 valence electrons. The zero-order chi connectivity index (χ0) is 22.1. The number of aromatic carboxylic acids is 2. The Kier molecular flexibility index (Phi) is 4.85. The van der Waals surface area contributed by atoms with Gasteiger partial charge in [0, 0.05) is 11.6 Å². The normalized spacial score (nSPS) is 11.4. The number of carboxylic acid groups (broad SMARTS) is 2. The molecule has 0 unspecified atom stereocenters. The number of fused-ring (bicyclic) bond motifs is 1. The van der Waals surface area contributed by atoms with Crippen LogP contribution >= 0.6 is 0 Å². The number of nitrogens with zero attached hydrogens (tertiary/aromatic N) is 2. The van der Waals surface area contributed by atoms with E-state index in [1.54, 1.807) is 12.1 Å². The summed E-state index contributed by atoms with van der Waals surface area (Å²) in [5.74, 6) is -1.50. The summed E-state index contributed by atoms with van der Waals surface area (Å²) in [6.07, 6.45) is 1.51. The fourth-order valence-electron chi connectivity index (χ4n) is 3.15. The molecule has 0 spiro atoms. The molecule has 8 heteroatoms. The molecule has 8 nitrogen and oxygen atoms in total. The maximum Gasteiger partial charge on any atom is 0.335 e. The number of H-pyrrole nitrogens is 1. The van der Waals surface area contributed by atoms with E-state index in [9.17, 15) is 25.1 Å². The fourth-order valence-corrected chi connectivity index (χ4v) is 3.15. The molecule has 31 heavy (non-hydrogen) atoms. The Balaban J connectivity index is 1.72. The van der Waals surface area contributed by atoms with Gasteiger partial charge in [-0.15, -0.1) is 0 Å². The third-order valence-electron chi connectivity index (χ3n) is 4.64. The summed E-state index contributed by atoms with van der Waals surface area (Å²) >= 11 is 0.